The number of anilines is 1. The second-order valence-electron chi connectivity index (χ2n) is 10.7. The van der Waals surface area contributed by atoms with Crippen molar-refractivity contribution < 1.29 is 18.0 Å². The monoisotopic (exact) mass is 629 g/mol. The van der Waals surface area contributed by atoms with Crippen LogP contribution in [0.5, 0.6) is 0 Å². The van der Waals surface area contributed by atoms with Crippen LogP contribution in [0.4, 0.5) is 5.69 Å². The summed E-state index contributed by atoms with van der Waals surface area (Å²) in [6.07, 6.45) is 5.38. The number of halogens is 2. The van der Waals surface area contributed by atoms with Crippen LogP contribution in [-0.4, -0.2) is 43.8 Å². The van der Waals surface area contributed by atoms with Crippen molar-refractivity contribution in [3.63, 3.8) is 0 Å². The molecule has 7 nitrogen and oxygen atoms in total. The van der Waals surface area contributed by atoms with E-state index in [1.54, 1.807) is 60.7 Å². The summed E-state index contributed by atoms with van der Waals surface area (Å²) >= 11 is 12.6. The van der Waals surface area contributed by atoms with Crippen molar-refractivity contribution in [1.82, 2.24) is 10.2 Å². The maximum absolute atomic E-state index is 14.2. The summed E-state index contributed by atoms with van der Waals surface area (Å²) in [5.74, 6) is -0.776. The molecule has 10 heteroatoms. The van der Waals surface area contributed by atoms with Crippen molar-refractivity contribution in [2.24, 2.45) is 0 Å². The molecule has 0 radical (unpaired) electrons. The highest BCUT2D eigenvalue weighted by Gasteiger charge is 2.34. The van der Waals surface area contributed by atoms with Gasteiger partial charge < -0.3 is 10.2 Å². The van der Waals surface area contributed by atoms with Crippen LogP contribution in [0.15, 0.2) is 77.7 Å². The number of rotatable bonds is 11. The van der Waals surface area contributed by atoms with Gasteiger partial charge in [0.15, 0.2) is 0 Å². The second-order valence-corrected chi connectivity index (χ2v) is 13.4. The van der Waals surface area contributed by atoms with Gasteiger partial charge in [-0.15, -0.1) is 0 Å². The topological polar surface area (TPSA) is 86.8 Å². The third kappa shape index (κ3) is 7.85. The van der Waals surface area contributed by atoms with Crippen molar-refractivity contribution in [1.29, 1.82) is 0 Å². The van der Waals surface area contributed by atoms with E-state index in [1.807, 2.05) is 13.8 Å². The molecule has 0 heterocycles. The first-order valence-electron chi connectivity index (χ1n) is 14.3. The van der Waals surface area contributed by atoms with E-state index < -0.39 is 28.5 Å². The molecule has 0 saturated heterocycles. The highest BCUT2D eigenvalue weighted by atomic mass is 35.5. The Kier molecular flexibility index (Phi) is 10.9. The van der Waals surface area contributed by atoms with Crippen molar-refractivity contribution in [3.05, 3.63) is 94.0 Å². The molecular weight excluding hydrogens is 593 g/mol. The smallest absolute Gasteiger partial charge is 0.264 e. The standard InChI is InChI=1S/C32H37Cl2N3O4S/c1-3-30(32(39)35-26-10-6-4-7-11-26)36(21-24-16-17-25(33)20-29(24)34)31(38)22-37(27-18-14-23(2)15-19-27)42(40,41)28-12-8-5-9-13-28/h5,8-9,12-20,26,30H,3-4,6-7,10-11,21-22H2,1-2H3,(H,35,39). The summed E-state index contributed by atoms with van der Waals surface area (Å²) in [6, 6.07) is 19.2. The number of aryl methyl sites for hydroxylation is 1. The van der Waals surface area contributed by atoms with Crippen LogP contribution in [0.3, 0.4) is 0 Å². The molecule has 1 aliphatic rings. The zero-order valence-electron chi connectivity index (χ0n) is 23.9. The SMILES string of the molecule is CCC(C(=O)NC1CCCCC1)N(Cc1ccc(Cl)cc1Cl)C(=O)CN(c1ccc(C)cc1)S(=O)(=O)c1ccccc1. The van der Waals surface area contributed by atoms with Gasteiger partial charge in [0.25, 0.3) is 10.0 Å². The van der Waals surface area contributed by atoms with Crippen molar-refractivity contribution >= 4 is 50.7 Å². The van der Waals surface area contributed by atoms with Gasteiger partial charge in [-0.1, -0.05) is 91.3 Å². The number of amides is 2. The Bertz CT molecular complexity index is 1480. The lowest BCUT2D eigenvalue weighted by Crippen LogP contribution is -2.54. The molecule has 0 bridgehead atoms. The first-order chi connectivity index (χ1) is 20.1. The van der Waals surface area contributed by atoms with Crippen LogP contribution < -0.4 is 9.62 Å². The first kappa shape index (κ1) is 31.9. The van der Waals surface area contributed by atoms with E-state index in [0.717, 1.165) is 42.0 Å². The largest absolute Gasteiger partial charge is 0.352 e. The Balaban J connectivity index is 1.71. The van der Waals surface area contributed by atoms with Crippen molar-refractivity contribution in [2.75, 3.05) is 10.8 Å². The lowest BCUT2D eigenvalue weighted by molar-refractivity contribution is -0.140. The molecule has 4 rings (SSSR count). The average molecular weight is 631 g/mol. The quantitative estimate of drug-likeness (QED) is 0.254. The molecule has 1 unspecified atom stereocenters. The summed E-state index contributed by atoms with van der Waals surface area (Å²) < 4.78 is 28.9. The number of nitrogens with one attached hydrogen (secondary N) is 1. The van der Waals surface area contributed by atoms with Crippen LogP contribution in [-0.2, 0) is 26.2 Å². The highest BCUT2D eigenvalue weighted by Crippen LogP contribution is 2.27. The van der Waals surface area contributed by atoms with Gasteiger partial charge in [-0.05, 0) is 68.1 Å². The molecule has 3 aromatic rings. The molecular formula is C32H37Cl2N3O4S. The maximum atomic E-state index is 14.2. The Morgan fingerprint density at radius 3 is 2.24 bits per heavy atom. The van der Waals surface area contributed by atoms with E-state index >= 15 is 0 Å². The van der Waals surface area contributed by atoms with Crippen LogP contribution in [0.2, 0.25) is 10.0 Å². The lowest BCUT2D eigenvalue weighted by Gasteiger charge is -2.34. The summed E-state index contributed by atoms with van der Waals surface area (Å²) in [4.78, 5) is 29.4. The number of carbonyl (C=O) groups is 2. The molecule has 0 spiro atoms. The fraction of sp³-hybridized carbons (Fsp3) is 0.375. The predicted octanol–water partition coefficient (Wildman–Crippen LogP) is 6.75. The summed E-state index contributed by atoms with van der Waals surface area (Å²) in [6.45, 7) is 3.25. The van der Waals surface area contributed by atoms with E-state index in [2.05, 4.69) is 5.32 Å². The van der Waals surface area contributed by atoms with Crippen molar-refractivity contribution in [3.8, 4) is 0 Å². The third-order valence-electron chi connectivity index (χ3n) is 7.63. The van der Waals surface area contributed by atoms with Crippen LogP contribution in [0.1, 0.15) is 56.6 Å². The molecule has 224 valence electrons. The Labute approximate surface area is 258 Å². The molecule has 0 aromatic heterocycles. The summed E-state index contributed by atoms with van der Waals surface area (Å²) in [5, 5.41) is 3.95. The Morgan fingerprint density at radius 2 is 1.62 bits per heavy atom. The summed E-state index contributed by atoms with van der Waals surface area (Å²) in [5.41, 5.74) is 1.90. The normalized spacial score (nSPS) is 14.7. The van der Waals surface area contributed by atoms with Gasteiger partial charge in [0.1, 0.15) is 12.6 Å². The zero-order valence-corrected chi connectivity index (χ0v) is 26.3. The van der Waals surface area contributed by atoms with E-state index in [4.69, 9.17) is 23.2 Å². The number of hydrogen-bond acceptors (Lipinski definition) is 4. The minimum Gasteiger partial charge on any atom is -0.352 e. The number of benzene rings is 3. The molecule has 2 amide bonds. The molecule has 42 heavy (non-hydrogen) atoms. The molecule has 1 N–H and O–H groups in total. The fourth-order valence-corrected chi connectivity index (χ4v) is 7.16. The minimum absolute atomic E-state index is 0.0125. The maximum Gasteiger partial charge on any atom is 0.264 e. The van der Waals surface area contributed by atoms with Gasteiger partial charge in [0.2, 0.25) is 11.8 Å². The van der Waals surface area contributed by atoms with Crippen LogP contribution >= 0.6 is 23.2 Å². The Hall–Kier alpha value is -3.07. The van der Waals surface area contributed by atoms with Crippen LogP contribution in [0, 0.1) is 6.92 Å². The van der Waals surface area contributed by atoms with Crippen molar-refractivity contribution in [2.45, 2.75) is 75.9 Å². The van der Waals surface area contributed by atoms with Gasteiger partial charge in [0.05, 0.1) is 10.6 Å². The number of hydrogen-bond donors (Lipinski definition) is 1. The van der Waals surface area contributed by atoms with Gasteiger partial charge >= 0.3 is 0 Å². The minimum atomic E-state index is -4.12. The number of sulfonamides is 1. The lowest BCUT2D eigenvalue weighted by atomic mass is 9.95. The zero-order chi connectivity index (χ0) is 30.3. The molecule has 0 aliphatic heterocycles. The van der Waals surface area contributed by atoms with Gasteiger partial charge in [-0.3, -0.25) is 13.9 Å². The molecule has 1 atom stereocenters. The van der Waals surface area contributed by atoms with Gasteiger partial charge in [0, 0.05) is 22.6 Å². The molecule has 3 aromatic carbocycles. The number of nitrogens with zero attached hydrogens (tertiary/aromatic N) is 2. The van der Waals surface area contributed by atoms with E-state index in [1.165, 1.54) is 17.0 Å². The third-order valence-corrected chi connectivity index (χ3v) is 10.0. The highest BCUT2D eigenvalue weighted by molar-refractivity contribution is 7.92. The molecule has 1 saturated carbocycles. The van der Waals surface area contributed by atoms with Gasteiger partial charge in [-0.2, -0.15) is 0 Å². The predicted molar refractivity (Wildman–Crippen MR) is 168 cm³/mol. The second kappa shape index (κ2) is 14.4. The van der Waals surface area contributed by atoms with Gasteiger partial charge in [-0.25, -0.2) is 8.42 Å². The molecule has 1 aliphatic carbocycles. The summed E-state index contributed by atoms with van der Waals surface area (Å²) in [7, 11) is -4.12. The Morgan fingerprint density at radius 1 is 0.952 bits per heavy atom. The van der Waals surface area contributed by atoms with E-state index in [0.29, 0.717) is 27.7 Å². The average Bonchev–Trinajstić information content (AvgIpc) is 2.98. The fourth-order valence-electron chi connectivity index (χ4n) is 5.26. The first-order valence-corrected chi connectivity index (χ1v) is 16.5. The number of carbonyl (C=O) groups excluding carboxylic acids is 2. The van der Waals surface area contributed by atoms with Crippen LogP contribution in [0.25, 0.3) is 0 Å². The van der Waals surface area contributed by atoms with E-state index in [9.17, 15) is 18.0 Å². The van der Waals surface area contributed by atoms with E-state index in [-0.39, 0.29) is 23.4 Å². The molecule has 1 fully saturated rings.